The average Bonchev–Trinajstić information content (AvgIpc) is 2.65. The van der Waals surface area contributed by atoms with E-state index >= 15 is 0 Å². The lowest BCUT2D eigenvalue weighted by molar-refractivity contribution is -0.121. The molecule has 0 heterocycles. The highest BCUT2D eigenvalue weighted by Gasteiger charge is 2.19. The summed E-state index contributed by atoms with van der Waals surface area (Å²) in [4.78, 5) is 27.6. The number of aryl methyl sites for hydroxylation is 1. The minimum atomic E-state index is -0.314. The van der Waals surface area contributed by atoms with Gasteiger partial charge in [0.2, 0.25) is 5.91 Å². The fourth-order valence-corrected chi connectivity index (χ4v) is 2.93. The van der Waals surface area contributed by atoms with Gasteiger partial charge in [0, 0.05) is 23.5 Å². The van der Waals surface area contributed by atoms with Crippen molar-refractivity contribution in [2.45, 2.75) is 25.3 Å². The highest BCUT2D eigenvalue weighted by Crippen LogP contribution is 2.20. The maximum atomic E-state index is 12.9. The van der Waals surface area contributed by atoms with Crippen molar-refractivity contribution in [2.75, 3.05) is 19.3 Å². The Labute approximate surface area is 157 Å². The summed E-state index contributed by atoms with van der Waals surface area (Å²) >= 11 is 1.57. The molecule has 2 aromatic rings. The average molecular weight is 374 g/mol. The molecule has 0 aliphatic heterocycles. The van der Waals surface area contributed by atoms with Gasteiger partial charge >= 0.3 is 0 Å². The minimum Gasteiger partial charge on any atom is -0.350 e. The largest absolute Gasteiger partial charge is 0.350 e. The third kappa shape index (κ3) is 5.33. The van der Waals surface area contributed by atoms with Crippen LogP contribution in [-0.2, 0) is 11.3 Å². The Morgan fingerprint density at radius 3 is 2.46 bits per heavy atom. The van der Waals surface area contributed by atoms with Crippen LogP contribution in [0.15, 0.2) is 47.4 Å². The minimum absolute atomic E-state index is 0.0144. The molecule has 0 radical (unpaired) electrons. The molecule has 6 heteroatoms. The van der Waals surface area contributed by atoms with Crippen LogP contribution in [0, 0.1) is 12.7 Å². The van der Waals surface area contributed by atoms with Crippen LogP contribution in [0.4, 0.5) is 4.39 Å². The number of nitrogens with zero attached hydrogens (tertiary/aromatic N) is 1. The Morgan fingerprint density at radius 2 is 1.85 bits per heavy atom. The van der Waals surface area contributed by atoms with E-state index in [4.69, 9.17) is 0 Å². The molecule has 2 amide bonds. The first kappa shape index (κ1) is 20.0. The fourth-order valence-electron chi connectivity index (χ4n) is 2.49. The van der Waals surface area contributed by atoms with Gasteiger partial charge in [-0.2, -0.15) is 0 Å². The topological polar surface area (TPSA) is 49.4 Å². The van der Waals surface area contributed by atoms with Gasteiger partial charge in [-0.15, -0.1) is 11.8 Å². The Hall–Kier alpha value is -2.34. The first-order valence-corrected chi connectivity index (χ1v) is 9.62. The summed E-state index contributed by atoms with van der Waals surface area (Å²) in [5.74, 6) is -0.716. The normalized spacial score (nSPS) is 10.5. The maximum absolute atomic E-state index is 12.9. The molecule has 4 nitrogen and oxygen atoms in total. The number of thioether (sulfide) groups is 1. The van der Waals surface area contributed by atoms with Crippen molar-refractivity contribution in [3.05, 3.63) is 65.0 Å². The predicted octanol–water partition coefficient (Wildman–Crippen LogP) is 3.63. The van der Waals surface area contributed by atoms with Gasteiger partial charge in [-0.05, 0) is 55.5 Å². The van der Waals surface area contributed by atoms with Crippen molar-refractivity contribution in [3.63, 3.8) is 0 Å². The van der Waals surface area contributed by atoms with Crippen molar-refractivity contribution < 1.29 is 14.0 Å². The lowest BCUT2D eigenvalue weighted by Crippen LogP contribution is -2.40. The smallest absolute Gasteiger partial charge is 0.254 e. The van der Waals surface area contributed by atoms with E-state index < -0.39 is 0 Å². The second-order valence-corrected chi connectivity index (χ2v) is 6.78. The molecular weight excluding hydrogens is 351 g/mol. The van der Waals surface area contributed by atoms with E-state index in [0.29, 0.717) is 18.7 Å². The van der Waals surface area contributed by atoms with Gasteiger partial charge in [-0.3, -0.25) is 9.59 Å². The summed E-state index contributed by atoms with van der Waals surface area (Å²) in [6.07, 6.45) is 1.96. The van der Waals surface area contributed by atoms with E-state index in [1.807, 2.05) is 38.3 Å². The number of nitrogens with one attached hydrogen (secondary N) is 1. The van der Waals surface area contributed by atoms with Crippen molar-refractivity contribution in [1.82, 2.24) is 10.2 Å². The molecule has 0 aliphatic carbocycles. The van der Waals surface area contributed by atoms with E-state index in [2.05, 4.69) is 5.32 Å². The van der Waals surface area contributed by atoms with E-state index in [1.165, 1.54) is 17.0 Å². The van der Waals surface area contributed by atoms with Gasteiger partial charge in [0.25, 0.3) is 5.91 Å². The summed E-state index contributed by atoms with van der Waals surface area (Å²) in [5, 5.41) is 2.77. The van der Waals surface area contributed by atoms with Crippen LogP contribution >= 0.6 is 11.8 Å². The zero-order valence-electron chi connectivity index (χ0n) is 15.2. The number of hydrogen-bond donors (Lipinski definition) is 1. The number of amides is 2. The Kier molecular flexibility index (Phi) is 7.21. The van der Waals surface area contributed by atoms with E-state index in [0.717, 1.165) is 16.0 Å². The maximum Gasteiger partial charge on any atom is 0.254 e. The van der Waals surface area contributed by atoms with Crippen molar-refractivity contribution in [3.8, 4) is 0 Å². The van der Waals surface area contributed by atoms with Gasteiger partial charge in [-0.25, -0.2) is 4.39 Å². The molecule has 0 saturated carbocycles. The highest BCUT2D eigenvalue weighted by atomic mass is 32.2. The molecule has 0 saturated heterocycles. The number of benzene rings is 2. The molecule has 0 spiro atoms. The number of halogens is 1. The van der Waals surface area contributed by atoms with Gasteiger partial charge in [0.1, 0.15) is 5.82 Å². The molecule has 0 aliphatic rings. The molecule has 0 unspecified atom stereocenters. The quantitative estimate of drug-likeness (QED) is 0.753. The summed E-state index contributed by atoms with van der Waals surface area (Å²) in [6, 6.07) is 11.7. The van der Waals surface area contributed by atoms with E-state index in [-0.39, 0.29) is 24.2 Å². The highest BCUT2D eigenvalue weighted by molar-refractivity contribution is 7.98. The van der Waals surface area contributed by atoms with Crippen LogP contribution < -0.4 is 5.32 Å². The van der Waals surface area contributed by atoms with Crippen LogP contribution in [0.5, 0.6) is 0 Å². The standard InChI is InChI=1S/C20H23FN2O2S/c1-4-23(20(25)18-11-17(26-3)10-5-14(18)2)13-19(24)22-12-15-6-8-16(21)9-7-15/h5-11H,4,12-13H2,1-3H3,(H,22,24). The molecule has 1 N–H and O–H groups in total. The fraction of sp³-hybridized carbons (Fsp3) is 0.300. The van der Waals surface area contributed by atoms with Gasteiger partial charge in [0.15, 0.2) is 0 Å². The zero-order chi connectivity index (χ0) is 19.1. The lowest BCUT2D eigenvalue weighted by atomic mass is 10.1. The van der Waals surface area contributed by atoms with E-state index in [9.17, 15) is 14.0 Å². The molecule has 138 valence electrons. The number of carbonyl (C=O) groups is 2. The molecule has 2 aromatic carbocycles. The number of hydrogen-bond acceptors (Lipinski definition) is 3. The molecule has 26 heavy (non-hydrogen) atoms. The van der Waals surface area contributed by atoms with Crippen LogP contribution in [-0.4, -0.2) is 36.1 Å². The Bertz CT molecular complexity index is 778. The van der Waals surface area contributed by atoms with Crippen LogP contribution in [0.3, 0.4) is 0 Å². The van der Waals surface area contributed by atoms with Crippen LogP contribution in [0.2, 0.25) is 0 Å². The summed E-state index contributed by atoms with van der Waals surface area (Å²) in [7, 11) is 0. The second kappa shape index (κ2) is 9.38. The summed E-state index contributed by atoms with van der Waals surface area (Å²) in [5.41, 5.74) is 2.31. The van der Waals surface area contributed by atoms with Gasteiger partial charge in [0.05, 0.1) is 6.54 Å². The zero-order valence-corrected chi connectivity index (χ0v) is 16.0. The molecule has 0 aromatic heterocycles. The van der Waals surface area contributed by atoms with Crippen molar-refractivity contribution in [2.24, 2.45) is 0 Å². The lowest BCUT2D eigenvalue weighted by Gasteiger charge is -2.21. The summed E-state index contributed by atoms with van der Waals surface area (Å²) in [6.45, 7) is 4.45. The van der Waals surface area contributed by atoms with Crippen molar-refractivity contribution >= 4 is 23.6 Å². The van der Waals surface area contributed by atoms with Crippen LogP contribution in [0.1, 0.15) is 28.4 Å². The van der Waals surface area contributed by atoms with Gasteiger partial charge in [-0.1, -0.05) is 18.2 Å². The molecule has 0 fully saturated rings. The first-order chi connectivity index (χ1) is 12.4. The molecular formula is C20H23FN2O2S. The monoisotopic (exact) mass is 374 g/mol. The third-order valence-corrected chi connectivity index (χ3v) is 4.81. The SMILES string of the molecule is CCN(CC(=O)NCc1ccc(F)cc1)C(=O)c1cc(SC)ccc1C. The van der Waals surface area contributed by atoms with Gasteiger partial charge < -0.3 is 10.2 Å². The van der Waals surface area contributed by atoms with Crippen LogP contribution in [0.25, 0.3) is 0 Å². The third-order valence-electron chi connectivity index (χ3n) is 4.08. The molecule has 2 rings (SSSR count). The Balaban J connectivity index is 2.00. The first-order valence-electron chi connectivity index (χ1n) is 8.39. The molecule has 0 bridgehead atoms. The number of rotatable bonds is 7. The second-order valence-electron chi connectivity index (χ2n) is 5.90. The summed E-state index contributed by atoms with van der Waals surface area (Å²) < 4.78 is 12.9. The Morgan fingerprint density at radius 1 is 1.15 bits per heavy atom. The van der Waals surface area contributed by atoms with Crippen molar-refractivity contribution in [1.29, 1.82) is 0 Å². The molecule has 0 atom stereocenters. The number of carbonyl (C=O) groups excluding carboxylic acids is 2. The van der Waals surface area contributed by atoms with E-state index in [1.54, 1.807) is 23.9 Å². The predicted molar refractivity (Wildman–Crippen MR) is 103 cm³/mol. The number of likely N-dealkylation sites (N-methyl/N-ethyl adjacent to an activating group) is 1.